The molecule has 1 amide bonds. The molecule has 1 N–H and O–H groups in total. The summed E-state index contributed by atoms with van der Waals surface area (Å²) < 4.78 is 10.6. The average Bonchev–Trinajstić information content (AvgIpc) is 3.08. The van der Waals surface area contributed by atoms with Crippen molar-refractivity contribution in [1.29, 1.82) is 0 Å². The molecule has 1 unspecified atom stereocenters. The van der Waals surface area contributed by atoms with Crippen LogP contribution >= 0.6 is 0 Å². The van der Waals surface area contributed by atoms with Crippen LogP contribution < -0.4 is 14.8 Å². The second kappa shape index (κ2) is 7.21. The fraction of sp³-hybridized carbons (Fsp3) is 0.250. The van der Waals surface area contributed by atoms with Crippen molar-refractivity contribution in [3.8, 4) is 11.5 Å². The van der Waals surface area contributed by atoms with E-state index in [9.17, 15) is 4.79 Å². The second-order valence-corrected chi connectivity index (χ2v) is 5.80. The normalized spacial score (nSPS) is 14.1. The minimum Gasteiger partial charge on any atom is -0.497 e. The third kappa shape index (κ3) is 3.77. The molecule has 1 aliphatic heterocycles. The van der Waals surface area contributed by atoms with Crippen molar-refractivity contribution in [2.45, 2.75) is 19.4 Å². The Balaban J connectivity index is 1.60. The van der Waals surface area contributed by atoms with Crippen molar-refractivity contribution in [2.75, 3.05) is 13.7 Å². The molecule has 1 heterocycles. The highest BCUT2D eigenvalue weighted by atomic mass is 16.5. The fourth-order valence-corrected chi connectivity index (χ4v) is 2.71. The highest BCUT2D eigenvalue weighted by Crippen LogP contribution is 2.28. The van der Waals surface area contributed by atoms with Crippen LogP contribution in [-0.2, 0) is 11.2 Å². The van der Waals surface area contributed by atoms with E-state index in [2.05, 4.69) is 11.4 Å². The molecular weight excluding hydrogens is 302 g/mol. The monoisotopic (exact) mass is 323 g/mol. The first kappa shape index (κ1) is 16.1. The zero-order valence-corrected chi connectivity index (χ0v) is 13.9. The molecule has 0 aliphatic carbocycles. The van der Waals surface area contributed by atoms with Crippen LogP contribution in [0.4, 0.5) is 0 Å². The molecule has 0 aromatic heterocycles. The predicted octanol–water partition coefficient (Wildman–Crippen LogP) is 3.52. The summed E-state index contributed by atoms with van der Waals surface area (Å²) in [5.74, 6) is 1.64. The molecule has 0 spiro atoms. The Morgan fingerprint density at radius 2 is 2.04 bits per heavy atom. The number of carbonyl (C=O) groups is 1. The third-order valence-electron chi connectivity index (χ3n) is 4.12. The van der Waals surface area contributed by atoms with Gasteiger partial charge in [0.05, 0.1) is 19.8 Å². The molecule has 24 heavy (non-hydrogen) atoms. The first-order valence-electron chi connectivity index (χ1n) is 8.04. The molecule has 2 aromatic rings. The van der Waals surface area contributed by atoms with Gasteiger partial charge in [0.2, 0.25) is 5.91 Å². The van der Waals surface area contributed by atoms with E-state index < -0.39 is 0 Å². The molecule has 124 valence electrons. The van der Waals surface area contributed by atoms with Gasteiger partial charge in [-0.3, -0.25) is 4.79 Å². The standard InChI is InChI=1S/C20H21NO3/c1-14(16-6-9-19-17(13-16)11-12-24-19)21-20(22)10-5-15-3-7-18(23-2)8-4-15/h3-10,13-14H,11-12H2,1-2H3,(H,21,22)/b10-5+. The van der Waals surface area contributed by atoms with Crippen LogP contribution in [0.25, 0.3) is 6.08 Å². The Labute approximate surface area is 142 Å². The molecule has 3 rings (SSSR count). The topological polar surface area (TPSA) is 47.6 Å². The lowest BCUT2D eigenvalue weighted by atomic mass is 10.0. The van der Waals surface area contributed by atoms with Gasteiger partial charge >= 0.3 is 0 Å². The van der Waals surface area contributed by atoms with Crippen molar-refractivity contribution < 1.29 is 14.3 Å². The summed E-state index contributed by atoms with van der Waals surface area (Å²) in [6.45, 7) is 2.72. The Bertz CT molecular complexity index is 750. The van der Waals surface area contributed by atoms with Crippen molar-refractivity contribution in [3.05, 3.63) is 65.2 Å². The number of nitrogens with one attached hydrogen (secondary N) is 1. The molecule has 1 atom stereocenters. The van der Waals surface area contributed by atoms with Crippen LogP contribution in [-0.4, -0.2) is 19.6 Å². The Morgan fingerprint density at radius 1 is 1.25 bits per heavy atom. The molecular formula is C20H21NO3. The van der Waals surface area contributed by atoms with E-state index in [0.717, 1.165) is 35.7 Å². The van der Waals surface area contributed by atoms with Crippen molar-refractivity contribution in [3.63, 3.8) is 0 Å². The van der Waals surface area contributed by atoms with E-state index in [-0.39, 0.29) is 11.9 Å². The summed E-state index contributed by atoms with van der Waals surface area (Å²) in [7, 11) is 1.63. The Kier molecular flexibility index (Phi) is 4.85. The molecule has 4 nitrogen and oxygen atoms in total. The first-order chi connectivity index (χ1) is 11.7. The first-order valence-corrected chi connectivity index (χ1v) is 8.04. The minimum absolute atomic E-state index is 0.0519. The average molecular weight is 323 g/mol. The van der Waals surface area contributed by atoms with Crippen LogP contribution in [0.2, 0.25) is 0 Å². The van der Waals surface area contributed by atoms with Crippen molar-refractivity contribution in [2.24, 2.45) is 0 Å². The van der Waals surface area contributed by atoms with E-state index in [1.54, 1.807) is 19.3 Å². The lowest BCUT2D eigenvalue weighted by molar-refractivity contribution is -0.117. The number of ether oxygens (including phenoxy) is 2. The number of hydrogen-bond acceptors (Lipinski definition) is 3. The van der Waals surface area contributed by atoms with Crippen LogP contribution in [0.15, 0.2) is 48.5 Å². The second-order valence-electron chi connectivity index (χ2n) is 5.80. The van der Waals surface area contributed by atoms with Gasteiger partial charge in [0, 0.05) is 12.5 Å². The summed E-state index contributed by atoms with van der Waals surface area (Å²) >= 11 is 0. The SMILES string of the molecule is COc1ccc(/C=C/C(=O)NC(C)c2ccc3c(c2)CCO3)cc1. The number of benzene rings is 2. The van der Waals surface area contributed by atoms with Gasteiger partial charge in [0.25, 0.3) is 0 Å². The summed E-state index contributed by atoms with van der Waals surface area (Å²) in [5.41, 5.74) is 3.25. The molecule has 0 radical (unpaired) electrons. The smallest absolute Gasteiger partial charge is 0.244 e. The lowest BCUT2D eigenvalue weighted by Gasteiger charge is -2.14. The zero-order valence-electron chi connectivity index (χ0n) is 13.9. The maximum absolute atomic E-state index is 12.1. The number of rotatable bonds is 5. The molecule has 0 saturated heterocycles. The maximum Gasteiger partial charge on any atom is 0.244 e. The fourth-order valence-electron chi connectivity index (χ4n) is 2.71. The van der Waals surface area contributed by atoms with E-state index in [1.165, 1.54) is 5.56 Å². The summed E-state index contributed by atoms with van der Waals surface area (Å²) in [6.07, 6.45) is 4.27. The number of carbonyl (C=O) groups excluding carboxylic acids is 1. The van der Waals surface area contributed by atoms with E-state index in [4.69, 9.17) is 9.47 Å². The van der Waals surface area contributed by atoms with Gasteiger partial charge in [-0.2, -0.15) is 0 Å². The van der Waals surface area contributed by atoms with Gasteiger partial charge in [-0.05, 0) is 54.0 Å². The number of hydrogen-bond donors (Lipinski definition) is 1. The Morgan fingerprint density at radius 3 is 2.79 bits per heavy atom. The molecule has 1 aliphatic rings. The van der Waals surface area contributed by atoms with Crippen molar-refractivity contribution in [1.82, 2.24) is 5.32 Å². The van der Waals surface area contributed by atoms with Gasteiger partial charge in [-0.25, -0.2) is 0 Å². The lowest BCUT2D eigenvalue weighted by Crippen LogP contribution is -2.24. The van der Waals surface area contributed by atoms with Crippen LogP contribution in [0.3, 0.4) is 0 Å². The maximum atomic E-state index is 12.1. The van der Waals surface area contributed by atoms with E-state index >= 15 is 0 Å². The van der Waals surface area contributed by atoms with Gasteiger partial charge in [0.15, 0.2) is 0 Å². The zero-order chi connectivity index (χ0) is 16.9. The molecule has 2 aromatic carbocycles. The van der Waals surface area contributed by atoms with Gasteiger partial charge in [0.1, 0.15) is 11.5 Å². The molecule has 0 saturated carbocycles. The number of methoxy groups -OCH3 is 1. The summed E-state index contributed by atoms with van der Waals surface area (Å²) in [4.78, 5) is 12.1. The van der Waals surface area contributed by atoms with Crippen LogP contribution in [0, 0.1) is 0 Å². The van der Waals surface area contributed by atoms with Crippen LogP contribution in [0.5, 0.6) is 11.5 Å². The largest absolute Gasteiger partial charge is 0.497 e. The molecule has 0 fully saturated rings. The molecule has 0 bridgehead atoms. The highest BCUT2D eigenvalue weighted by molar-refractivity contribution is 5.92. The highest BCUT2D eigenvalue weighted by Gasteiger charge is 2.15. The van der Waals surface area contributed by atoms with Crippen molar-refractivity contribution >= 4 is 12.0 Å². The number of fused-ring (bicyclic) bond motifs is 1. The third-order valence-corrected chi connectivity index (χ3v) is 4.12. The van der Waals surface area contributed by atoms with Gasteiger partial charge in [-0.15, -0.1) is 0 Å². The van der Waals surface area contributed by atoms with Gasteiger partial charge in [-0.1, -0.05) is 18.2 Å². The van der Waals surface area contributed by atoms with Crippen LogP contribution in [0.1, 0.15) is 29.7 Å². The van der Waals surface area contributed by atoms with E-state index in [1.807, 2.05) is 43.3 Å². The Hall–Kier alpha value is -2.75. The molecule has 4 heteroatoms. The van der Waals surface area contributed by atoms with Gasteiger partial charge < -0.3 is 14.8 Å². The summed E-state index contributed by atoms with van der Waals surface area (Å²) in [6, 6.07) is 13.6. The summed E-state index contributed by atoms with van der Waals surface area (Å²) in [5, 5.41) is 2.99. The minimum atomic E-state index is -0.116. The predicted molar refractivity (Wildman–Crippen MR) is 94.2 cm³/mol. The number of amides is 1. The van der Waals surface area contributed by atoms with E-state index in [0.29, 0.717) is 0 Å². The quantitative estimate of drug-likeness (QED) is 0.857.